The number of methoxy groups -OCH3 is 3. The Labute approximate surface area is 133 Å². The Hall–Kier alpha value is -1.46. The maximum atomic E-state index is 6.17. The van der Waals surface area contributed by atoms with Crippen molar-refractivity contribution in [2.75, 3.05) is 27.9 Å². The van der Waals surface area contributed by atoms with Crippen molar-refractivity contribution in [1.82, 2.24) is 4.90 Å². The highest BCUT2D eigenvalue weighted by molar-refractivity contribution is 5.50. The third-order valence-electron chi connectivity index (χ3n) is 4.43. The van der Waals surface area contributed by atoms with Crippen molar-refractivity contribution in [3.05, 3.63) is 17.7 Å². The Bertz CT molecular complexity index is 491. The number of benzene rings is 1. The van der Waals surface area contributed by atoms with Crippen molar-refractivity contribution in [2.24, 2.45) is 5.73 Å². The fourth-order valence-electron chi connectivity index (χ4n) is 3.24. The van der Waals surface area contributed by atoms with E-state index in [0.717, 1.165) is 36.6 Å². The van der Waals surface area contributed by atoms with Crippen molar-refractivity contribution in [3.8, 4) is 17.2 Å². The zero-order chi connectivity index (χ0) is 16.1. The lowest BCUT2D eigenvalue weighted by Gasteiger charge is -2.38. The molecular weight excluding hydrogens is 280 g/mol. The molecule has 1 fully saturated rings. The molecule has 0 radical (unpaired) electrons. The predicted octanol–water partition coefficient (Wildman–Crippen LogP) is 2.41. The van der Waals surface area contributed by atoms with Crippen LogP contribution in [0.2, 0.25) is 0 Å². The second kappa shape index (κ2) is 7.70. The van der Waals surface area contributed by atoms with E-state index in [1.165, 1.54) is 12.8 Å². The molecule has 0 bridgehead atoms. The normalized spacial score (nSPS) is 20.5. The van der Waals surface area contributed by atoms with Gasteiger partial charge in [-0.15, -0.1) is 0 Å². The van der Waals surface area contributed by atoms with Crippen LogP contribution < -0.4 is 19.9 Å². The highest BCUT2D eigenvalue weighted by Gasteiger charge is 2.26. The molecule has 0 spiro atoms. The number of nitrogens with two attached hydrogens (primary N) is 1. The summed E-state index contributed by atoms with van der Waals surface area (Å²) in [6, 6.07) is 4.49. The summed E-state index contributed by atoms with van der Waals surface area (Å²) in [5, 5.41) is 0. The van der Waals surface area contributed by atoms with E-state index in [2.05, 4.69) is 11.8 Å². The molecule has 0 saturated carbocycles. The number of likely N-dealkylation sites (tertiary alicyclic amines) is 1. The van der Waals surface area contributed by atoms with E-state index in [-0.39, 0.29) is 6.04 Å². The number of ether oxygens (including phenoxy) is 3. The summed E-state index contributed by atoms with van der Waals surface area (Å²) in [6.45, 7) is 3.98. The summed E-state index contributed by atoms with van der Waals surface area (Å²) in [5.74, 6) is 2.24. The lowest BCUT2D eigenvalue weighted by molar-refractivity contribution is 0.121. The Morgan fingerprint density at radius 3 is 2.32 bits per heavy atom. The highest BCUT2D eigenvalue weighted by Crippen LogP contribution is 2.36. The third-order valence-corrected chi connectivity index (χ3v) is 4.43. The van der Waals surface area contributed by atoms with Gasteiger partial charge in [0.05, 0.1) is 21.3 Å². The van der Waals surface area contributed by atoms with E-state index in [0.29, 0.717) is 11.8 Å². The second-order valence-corrected chi connectivity index (χ2v) is 5.91. The zero-order valence-corrected chi connectivity index (χ0v) is 14.1. The summed E-state index contributed by atoms with van der Waals surface area (Å²) in [4.78, 5) is 2.46. The topological polar surface area (TPSA) is 57.0 Å². The first-order valence-electron chi connectivity index (χ1n) is 7.89. The van der Waals surface area contributed by atoms with Crippen LogP contribution in [0.25, 0.3) is 0 Å². The first-order chi connectivity index (χ1) is 10.6. The smallest absolute Gasteiger partial charge is 0.164 e. The number of rotatable bonds is 6. The molecule has 1 aliphatic rings. The molecule has 2 unspecified atom stereocenters. The van der Waals surface area contributed by atoms with E-state index >= 15 is 0 Å². The molecule has 2 N–H and O–H groups in total. The molecular formula is C17H28N2O3. The Morgan fingerprint density at radius 1 is 1.09 bits per heavy atom. The van der Waals surface area contributed by atoms with Crippen LogP contribution in [0.3, 0.4) is 0 Å². The van der Waals surface area contributed by atoms with Gasteiger partial charge < -0.3 is 19.9 Å². The molecule has 2 rings (SSSR count). The standard InChI is InChI=1S/C17H28N2O3/c1-12(18)14-7-5-6-8-19(14)11-13-9-16(21-3)17(22-4)10-15(13)20-2/h9-10,12,14H,5-8,11,18H2,1-4H3. The van der Waals surface area contributed by atoms with Crippen LogP contribution in [0.4, 0.5) is 0 Å². The molecule has 22 heavy (non-hydrogen) atoms. The van der Waals surface area contributed by atoms with E-state index < -0.39 is 0 Å². The minimum atomic E-state index is 0.173. The van der Waals surface area contributed by atoms with Crippen LogP contribution >= 0.6 is 0 Å². The largest absolute Gasteiger partial charge is 0.496 e. The molecule has 1 saturated heterocycles. The molecule has 5 nitrogen and oxygen atoms in total. The molecule has 1 aromatic rings. The summed E-state index contributed by atoms with van der Waals surface area (Å²) >= 11 is 0. The number of piperidine rings is 1. The van der Waals surface area contributed by atoms with Crippen LogP contribution in [0, 0.1) is 0 Å². The first-order valence-corrected chi connectivity index (χ1v) is 7.89. The van der Waals surface area contributed by atoms with Gasteiger partial charge in [0, 0.05) is 30.3 Å². The fraction of sp³-hybridized carbons (Fsp3) is 0.647. The lowest BCUT2D eigenvalue weighted by Crippen LogP contribution is -2.48. The fourth-order valence-corrected chi connectivity index (χ4v) is 3.24. The van der Waals surface area contributed by atoms with Gasteiger partial charge in [-0.05, 0) is 32.4 Å². The number of nitrogens with zero attached hydrogens (tertiary/aromatic N) is 1. The molecule has 0 aromatic heterocycles. The zero-order valence-electron chi connectivity index (χ0n) is 14.1. The maximum Gasteiger partial charge on any atom is 0.164 e. The monoisotopic (exact) mass is 308 g/mol. The average Bonchev–Trinajstić information content (AvgIpc) is 2.54. The predicted molar refractivity (Wildman–Crippen MR) is 87.8 cm³/mol. The van der Waals surface area contributed by atoms with Gasteiger partial charge in [0.1, 0.15) is 5.75 Å². The lowest BCUT2D eigenvalue weighted by atomic mass is 9.96. The van der Waals surface area contributed by atoms with Crippen LogP contribution in [0.15, 0.2) is 12.1 Å². The van der Waals surface area contributed by atoms with Gasteiger partial charge in [0.15, 0.2) is 11.5 Å². The van der Waals surface area contributed by atoms with Crippen molar-refractivity contribution in [3.63, 3.8) is 0 Å². The van der Waals surface area contributed by atoms with Gasteiger partial charge in [0.2, 0.25) is 0 Å². The Kier molecular flexibility index (Phi) is 5.91. The van der Waals surface area contributed by atoms with Crippen LogP contribution in [-0.2, 0) is 6.54 Å². The molecule has 1 aromatic carbocycles. The maximum absolute atomic E-state index is 6.17. The van der Waals surface area contributed by atoms with E-state index in [4.69, 9.17) is 19.9 Å². The quantitative estimate of drug-likeness (QED) is 0.874. The van der Waals surface area contributed by atoms with E-state index in [9.17, 15) is 0 Å². The van der Waals surface area contributed by atoms with Crippen molar-refractivity contribution in [2.45, 2.75) is 44.8 Å². The Balaban J connectivity index is 2.27. The van der Waals surface area contributed by atoms with Crippen LogP contribution in [0.1, 0.15) is 31.7 Å². The van der Waals surface area contributed by atoms with E-state index in [1.54, 1.807) is 21.3 Å². The number of hydrogen-bond donors (Lipinski definition) is 1. The molecule has 2 atom stereocenters. The summed E-state index contributed by atoms with van der Waals surface area (Å²) < 4.78 is 16.3. The minimum Gasteiger partial charge on any atom is -0.496 e. The van der Waals surface area contributed by atoms with Crippen molar-refractivity contribution >= 4 is 0 Å². The summed E-state index contributed by atoms with van der Waals surface area (Å²) in [7, 11) is 4.97. The van der Waals surface area contributed by atoms with Crippen LogP contribution in [0.5, 0.6) is 17.2 Å². The molecule has 0 amide bonds. The molecule has 1 aliphatic heterocycles. The average molecular weight is 308 g/mol. The molecule has 5 heteroatoms. The van der Waals surface area contributed by atoms with Crippen molar-refractivity contribution in [1.29, 1.82) is 0 Å². The van der Waals surface area contributed by atoms with Gasteiger partial charge in [-0.1, -0.05) is 6.42 Å². The number of hydrogen-bond acceptors (Lipinski definition) is 5. The minimum absolute atomic E-state index is 0.173. The molecule has 1 heterocycles. The van der Waals surface area contributed by atoms with Gasteiger partial charge in [-0.2, -0.15) is 0 Å². The van der Waals surface area contributed by atoms with Crippen molar-refractivity contribution < 1.29 is 14.2 Å². The van der Waals surface area contributed by atoms with Crippen LogP contribution in [-0.4, -0.2) is 44.9 Å². The van der Waals surface area contributed by atoms with E-state index in [1.807, 2.05) is 12.1 Å². The second-order valence-electron chi connectivity index (χ2n) is 5.91. The summed E-state index contributed by atoms with van der Waals surface area (Å²) in [6.07, 6.45) is 3.64. The Morgan fingerprint density at radius 2 is 1.73 bits per heavy atom. The SMILES string of the molecule is COc1cc(OC)c(OC)cc1CN1CCCCC1C(C)N. The highest BCUT2D eigenvalue weighted by atomic mass is 16.5. The molecule has 0 aliphatic carbocycles. The van der Waals surface area contributed by atoms with Gasteiger partial charge in [0.25, 0.3) is 0 Å². The molecule has 124 valence electrons. The third kappa shape index (κ3) is 3.65. The summed E-state index contributed by atoms with van der Waals surface area (Å²) in [5.41, 5.74) is 7.27. The van der Waals surface area contributed by atoms with Gasteiger partial charge in [-0.25, -0.2) is 0 Å². The van der Waals surface area contributed by atoms with Gasteiger partial charge >= 0.3 is 0 Å². The first kappa shape index (κ1) is 16.9. The van der Waals surface area contributed by atoms with Gasteiger partial charge in [-0.3, -0.25) is 4.90 Å².